The number of sulfone groups is 1. The van der Waals surface area contributed by atoms with Gasteiger partial charge >= 0.3 is 0 Å². The fourth-order valence-electron chi connectivity index (χ4n) is 4.00. The summed E-state index contributed by atoms with van der Waals surface area (Å²) in [5.41, 5.74) is 2.36. The zero-order chi connectivity index (χ0) is 20.2. The fourth-order valence-corrected chi connectivity index (χ4v) is 5.50. The maximum atomic E-state index is 11.6. The standard InChI is InChI=1S/C21H33N3O3S.HI/c1-16-6-8-17(9-7-16)19-18(5-4-12-27-19)13-23-20(22-2)24-14-21(10-11-21)15-28(3,25)26;/h6-9,18-19H,4-5,10-15H2,1-3H3,(H2,22,23,24);1H. The second kappa shape index (κ2) is 10.4. The van der Waals surface area contributed by atoms with Gasteiger partial charge in [0.1, 0.15) is 9.84 Å². The lowest BCUT2D eigenvalue weighted by Crippen LogP contribution is -2.44. The van der Waals surface area contributed by atoms with Crippen LogP contribution in [-0.2, 0) is 14.6 Å². The lowest BCUT2D eigenvalue weighted by molar-refractivity contribution is -0.0265. The minimum atomic E-state index is -2.96. The highest BCUT2D eigenvalue weighted by Gasteiger charge is 2.45. The first-order valence-electron chi connectivity index (χ1n) is 10.1. The summed E-state index contributed by atoms with van der Waals surface area (Å²) in [5.74, 6) is 1.35. The van der Waals surface area contributed by atoms with E-state index in [1.165, 1.54) is 17.4 Å². The third-order valence-electron chi connectivity index (χ3n) is 5.76. The van der Waals surface area contributed by atoms with Gasteiger partial charge in [0, 0.05) is 44.3 Å². The molecule has 1 saturated carbocycles. The van der Waals surface area contributed by atoms with Gasteiger partial charge in [-0.25, -0.2) is 8.42 Å². The highest BCUT2D eigenvalue weighted by atomic mass is 127. The molecule has 2 fully saturated rings. The van der Waals surface area contributed by atoms with Crippen LogP contribution in [0.2, 0.25) is 0 Å². The minimum Gasteiger partial charge on any atom is -0.373 e. The summed E-state index contributed by atoms with van der Waals surface area (Å²) in [6.45, 7) is 4.31. The smallest absolute Gasteiger partial charge is 0.191 e. The topological polar surface area (TPSA) is 79.8 Å². The first-order chi connectivity index (χ1) is 13.3. The molecule has 2 atom stereocenters. The van der Waals surface area contributed by atoms with Gasteiger partial charge in [0.25, 0.3) is 0 Å². The highest BCUT2D eigenvalue weighted by Crippen LogP contribution is 2.46. The van der Waals surface area contributed by atoms with Crippen molar-refractivity contribution in [3.63, 3.8) is 0 Å². The van der Waals surface area contributed by atoms with Gasteiger partial charge < -0.3 is 15.4 Å². The molecule has 1 aromatic carbocycles. The maximum Gasteiger partial charge on any atom is 0.191 e. The molecule has 0 aromatic heterocycles. The summed E-state index contributed by atoms with van der Waals surface area (Å²) in [6.07, 6.45) is 5.50. The van der Waals surface area contributed by atoms with E-state index in [1.54, 1.807) is 7.05 Å². The number of guanidine groups is 1. The van der Waals surface area contributed by atoms with Crippen LogP contribution in [0.25, 0.3) is 0 Å². The van der Waals surface area contributed by atoms with Crippen molar-refractivity contribution in [3.8, 4) is 0 Å². The number of hydrogen-bond acceptors (Lipinski definition) is 4. The quantitative estimate of drug-likeness (QED) is 0.319. The van der Waals surface area contributed by atoms with Crippen LogP contribution in [0.4, 0.5) is 0 Å². The lowest BCUT2D eigenvalue weighted by Gasteiger charge is -2.33. The summed E-state index contributed by atoms with van der Waals surface area (Å²) >= 11 is 0. The Balaban J connectivity index is 0.00000300. The van der Waals surface area contributed by atoms with Gasteiger partial charge in [0.2, 0.25) is 0 Å². The maximum absolute atomic E-state index is 11.6. The summed E-state index contributed by atoms with van der Waals surface area (Å²) in [7, 11) is -1.21. The number of rotatable bonds is 7. The molecule has 6 nitrogen and oxygen atoms in total. The normalized spacial score (nSPS) is 23.8. The summed E-state index contributed by atoms with van der Waals surface area (Å²) in [4.78, 5) is 4.31. The number of hydrogen-bond donors (Lipinski definition) is 2. The van der Waals surface area contributed by atoms with Crippen LogP contribution >= 0.6 is 24.0 Å². The third kappa shape index (κ3) is 7.40. The molecule has 0 bridgehead atoms. The monoisotopic (exact) mass is 535 g/mol. The third-order valence-corrected chi connectivity index (χ3v) is 6.90. The second-order valence-corrected chi connectivity index (χ2v) is 10.6. The minimum absolute atomic E-state index is 0. The average Bonchev–Trinajstić information content (AvgIpc) is 3.40. The number of aliphatic imine (C=N–C) groups is 1. The van der Waals surface area contributed by atoms with E-state index in [1.807, 2.05) is 0 Å². The molecule has 0 amide bonds. The summed E-state index contributed by atoms with van der Waals surface area (Å²) in [5, 5.41) is 6.75. The molecule has 2 unspecified atom stereocenters. The molecule has 8 heteroatoms. The average molecular weight is 535 g/mol. The molecule has 1 aliphatic carbocycles. The molecule has 1 aliphatic heterocycles. The molecule has 1 aromatic rings. The first-order valence-corrected chi connectivity index (χ1v) is 12.2. The van der Waals surface area contributed by atoms with E-state index in [4.69, 9.17) is 4.74 Å². The van der Waals surface area contributed by atoms with Gasteiger partial charge in [-0.15, -0.1) is 24.0 Å². The van der Waals surface area contributed by atoms with Crippen molar-refractivity contribution in [1.82, 2.24) is 10.6 Å². The van der Waals surface area contributed by atoms with Gasteiger partial charge in [-0.1, -0.05) is 29.8 Å². The Bertz CT molecular complexity index is 792. The fraction of sp³-hybridized carbons (Fsp3) is 0.667. The van der Waals surface area contributed by atoms with E-state index in [-0.39, 0.29) is 41.2 Å². The van der Waals surface area contributed by atoms with E-state index in [9.17, 15) is 8.42 Å². The molecule has 2 aliphatic rings. The Morgan fingerprint density at radius 2 is 1.93 bits per heavy atom. The molecule has 2 N–H and O–H groups in total. The van der Waals surface area contributed by atoms with Gasteiger partial charge in [0.05, 0.1) is 11.9 Å². The van der Waals surface area contributed by atoms with Gasteiger partial charge in [-0.2, -0.15) is 0 Å². The Morgan fingerprint density at radius 1 is 1.24 bits per heavy atom. The number of benzene rings is 1. The Kier molecular flexibility index (Phi) is 8.78. The van der Waals surface area contributed by atoms with Crippen molar-refractivity contribution in [3.05, 3.63) is 35.4 Å². The van der Waals surface area contributed by atoms with E-state index < -0.39 is 9.84 Å². The van der Waals surface area contributed by atoms with Crippen LogP contribution in [0.15, 0.2) is 29.3 Å². The summed E-state index contributed by atoms with van der Waals surface area (Å²) in [6, 6.07) is 8.59. The van der Waals surface area contributed by atoms with E-state index >= 15 is 0 Å². The van der Waals surface area contributed by atoms with Crippen LogP contribution < -0.4 is 10.6 Å². The predicted octanol–water partition coefficient (Wildman–Crippen LogP) is 3.07. The van der Waals surface area contributed by atoms with Crippen molar-refractivity contribution >= 4 is 39.8 Å². The first kappa shape index (κ1) is 24.4. The number of nitrogens with zero attached hydrogens (tertiary/aromatic N) is 1. The Hall–Kier alpha value is -0.870. The molecule has 29 heavy (non-hydrogen) atoms. The number of nitrogens with one attached hydrogen (secondary N) is 2. The van der Waals surface area contributed by atoms with E-state index in [2.05, 4.69) is 46.8 Å². The highest BCUT2D eigenvalue weighted by molar-refractivity contribution is 14.0. The SMILES string of the molecule is CN=C(NCC1CCCOC1c1ccc(C)cc1)NCC1(CS(C)(=O)=O)CC1.I. The van der Waals surface area contributed by atoms with E-state index in [0.717, 1.165) is 44.8 Å². The molecule has 0 radical (unpaired) electrons. The lowest BCUT2D eigenvalue weighted by atomic mass is 9.89. The second-order valence-electron chi connectivity index (χ2n) is 8.48. The van der Waals surface area contributed by atoms with Gasteiger partial charge in [0.15, 0.2) is 5.96 Å². The van der Waals surface area contributed by atoms with Gasteiger partial charge in [-0.3, -0.25) is 4.99 Å². The summed E-state index contributed by atoms with van der Waals surface area (Å²) < 4.78 is 29.4. The number of halogens is 1. The van der Waals surface area contributed by atoms with E-state index in [0.29, 0.717) is 12.5 Å². The molecule has 1 saturated heterocycles. The van der Waals surface area contributed by atoms with Crippen LogP contribution in [0, 0.1) is 18.3 Å². The van der Waals surface area contributed by atoms with Crippen molar-refractivity contribution in [1.29, 1.82) is 0 Å². The Labute approximate surface area is 192 Å². The van der Waals surface area contributed by atoms with Crippen LogP contribution in [0.1, 0.15) is 42.9 Å². The van der Waals surface area contributed by atoms with Crippen molar-refractivity contribution in [2.75, 3.05) is 38.8 Å². The predicted molar refractivity (Wildman–Crippen MR) is 129 cm³/mol. The molecule has 164 valence electrons. The van der Waals surface area contributed by atoms with Crippen molar-refractivity contribution in [2.24, 2.45) is 16.3 Å². The molecule has 1 heterocycles. The Morgan fingerprint density at radius 3 is 2.52 bits per heavy atom. The van der Waals surface area contributed by atoms with Crippen LogP contribution in [0.3, 0.4) is 0 Å². The molecular formula is C21H34IN3O3S. The van der Waals surface area contributed by atoms with Crippen LogP contribution in [-0.4, -0.2) is 53.1 Å². The largest absolute Gasteiger partial charge is 0.373 e. The number of aryl methyl sites for hydroxylation is 1. The molecule has 3 rings (SSSR count). The van der Waals surface area contributed by atoms with Crippen molar-refractivity contribution in [2.45, 2.75) is 38.7 Å². The van der Waals surface area contributed by atoms with Crippen LogP contribution in [0.5, 0.6) is 0 Å². The zero-order valence-electron chi connectivity index (χ0n) is 17.6. The molecule has 0 spiro atoms. The number of ether oxygens (including phenoxy) is 1. The van der Waals surface area contributed by atoms with Crippen molar-refractivity contribution < 1.29 is 13.2 Å². The zero-order valence-corrected chi connectivity index (χ0v) is 20.8. The molecular weight excluding hydrogens is 501 g/mol. The van der Waals surface area contributed by atoms with Gasteiger partial charge in [-0.05, 0) is 38.2 Å².